The maximum Gasteiger partial charge on any atom is 0.253 e. The highest BCUT2D eigenvalue weighted by atomic mass is 19.1. The number of rotatable bonds is 5. The molecule has 1 atom stereocenters. The Labute approximate surface area is 162 Å². The number of nitrogens with one attached hydrogen (secondary N) is 2. The summed E-state index contributed by atoms with van der Waals surface area (Å²) in [4.78, 5) is 22.6. The van der Waals surface area contributed by atoms with Crippen LogP contribution in [-0.4, -0.2) is 53.6 Å². The smallest absolute Gasteiger partial charge is 0.253 e. The standard InChI is InChI=1S/C21H23FN4O2/c1-14-20(17-11-16(22)4-5-18(17)25-14)21(27)24-13-19(15-3-2-6-23-12-15)26-7-9-28-10-8-26/h2-6,11-12,19,25H,7-10,13H2,1H3,(H,24,27). The Morgan fingerprint density at radius 3 is 2.93 bits per heavy atom. The third-order valence-electron chi connectivity index (χ3n) is 5.19. The first kappa shape index (κ1) is 18.6. The molecule has 28 heavy (non-hydrogen) atoms. The van der Waals surface area contributed by atoms with Crippen molar-refractivity contribution < 1.29 is 13.9 Å². The predicted molar refractivity (Wildman–Crippen MR) is 105 cm³/mol. The van der Waals surface area contributed by atoms with Crippen LogP contribution < -0.4 is 5.32 Å². The minimum absolute atomic E-state index is 0.00352. The summed E-state index contributed by atoms with van der Waals surface area (Å²) in [5.41, 5.74) is 3.01. The van der Waals surface area contributed by atoms with Gasteiger partial charge in [0.1, 0.15) is 5.82 Å². The summed E-state index contributed by atoms with van der Waals surface area (Å²) in [5.74, 6) is -0.571. The molecule has 7 heteroatoms. The van der Waals surface area contributed by atoms with E-state index in [-0.39, 0.29) is 17.8 Å². The Kier molecular flexibility index (Phi) is 5.36. The van der Waals surface area contributed by atoms with Gasteiger partial charge in [0.15, 0.2) is 0 Å². The summed E-state index contributed by atoms with van der Waals surface area (Å²) < 4.78 is 19.2. The minimum atomic E-state index is -0.359. The highest BCUT2D eigenvalue weighted by Gasteiger charge is 2.24. The van der Waals surface area contributed by atoms with Gasteiger partial charge in [0.25, 0.3) is 5.91 Å². The van der Waals surface area contributed by atoms with Gasteiger partial charge in [-0.25, -0.2) is 4.39 Å². The van der Waals surface area contributed by atoms with E-state index < -0.39 is 0 Å². The normalized spacial score (nSPS) is 16.2. The van der Waals surface area contributed by atoms with Gasteiger partial charge in [0.05, 0.1) is 24.8 Å². The number of ether oxygens (including phenoxy) is 1. The van der Waals surface area contributed by atoms with Crippen molar-refractivity contribution in [2.24, 2.45) is 0 Å². The Morgan fingerprint density at radius 1 is 1.36 bits per heavy atom. The lowest BCUT2D eigenvalue weighted by Crippen LogP contribution is -2.43. The number of morpholine rings is 1. The molecule has 3 heterocycles. The first-order chi connectivity index (χ1) is 13.6. The van der Waals surface area contributed by atoms with Crippen LogP contribution in [0.4, 0.5) is 4.39 Å². The molecule has 4 rings (SSSR count). The maximum atomic E-state index is 13.7. The lowest BCUT2D eigenvalue weighted by Gasteiger charge is -2.34. The molecule has 2 aromatic heterocycles. The van der Waals surface area contributed by atoms with Gasteiger partial charge in [-0.3, -0.25) is 14.7 Å². The number of aryl methyl sites for hydroxylation is 1. The average Bonchev–Trinajstić information content (AvgIpc) is 3.04. The second kappa shape index (κ2) is 8.08. The number of amides is 1. The first-order valence-corrected chi connectivity index (χ1v) is 9.41. The number of hydrogen-bond donors (Lipinski definition) is 2. The molecule has 1 aliphatic heterocycles. The molecule has 1 unspecified atom stereocenters. The van der Waals surface area contributed by atoms with E-state index in [9.17, 15) is 9.18 Å². The molecule has 1 fully saturated rings. The second-order valence-electron chi connectivity index (χ2n) is 6.98. The number of nitrogens with zero attached hydrogens (tertiary/aromatic N) is 2. The Balaban J connectivity index is 1.56. The van der Waals surface area contributed by atoms with Crippen molar-refractivity contribution in [2.75, 3.05) is 32.8 Å². The van der Waals surface area contributed by atoms with Gasteiger partial charge in [0.2, 0.25) is 0 Å². The van der Waals surface area contributed by atoms with Gasteiger partial charge in [0, 0.05) is 48.6 Å². The predicted octanol–water partition coefficient (Wildman–Crippen LogP) is 2.81. The summed E-state index contributed by atoms with van der Waals surface area (Å²) >= 11 is 0. The lowest BCUT2D eigenvalue weighted by molar-refractivity contribution is 0.0161. The maximum absolute atomic E-state index is 13.7. The fourth-order valence-electron chi connectivity index (χ4n) is 3.79. The fourth-order valence-corrected chi connectivity index (χ4v) is 3.79. The number of carbonyl (C=O) groups is 1. The molecule has 6 nitrogen and oxygen atoms in total. The molecule has 1 saturated heterocycles. The van der Waals surface area contributed by atoms with Gasteiger partial charge < -0.3 is 15.0 Å². The molecule has 0 bridgehead atoms. The molecule has 146 valence electrons. The van der Waals surface area contributed by atoms with E-state index in [1.54, 1.807) is 12.3 Å². The van der Waals surface area contributed by atoms with Crippen LogP contribution in [0.3, 0.4) is 0 Å². The summed E-state index contributed by atoms with van der Waals surface area (Å²) in [5, 5.41) is 3.64. The zero-order chi connectivity index (χ0) is 19.5. The van der Waals surface area contributed by atoms with Crippen molar-refractivity contribution in [3.05, 3.63) is 65.4 Å². The summed E-state index contributed by atoms with van der Waals surface area (Å²) in [7, 11) is 0. The van der Waals surface area contributed by atoms with Crippen LogP contribution in [0.1, 0.15) is 27.7 Å². The zero-order valence-electron chi connectivity index (χ0n) is 15.7. The third-order valence-corrected chi connectivity index (χ3v) is 5.19. The quantitative estimate of drug-likeness (QED) is 0.712. The van der Waals surface area contributed by atoms with E-state index in [2.05, 4.69) is 20.2 Å². The Bertz CT molecular complexity index is 967. The van der Waals surface area contributed by atoms with Gasteiger partial charge >= 0.3 is 0 Å². The Hall–Kier alpha value is -2.77. The topological polar surface area (TPSA) is 70.2 Å². The fraction of sp³-hybridized carbons (Fsp3) is 0.333. The van der Waals surface area contributed by atoms with Crippen molar-refractivity contribution in [2.45, 2.75) is 13.0 Å². The van der Waals surface area contributed by atoms with Crippen molar-refractivity contribution in [3.63, 3.8) is 0 Å². The molecule has 0 spiro atoms. The number of aromatic amines is 1. The number of halogens is 1. The number of carbonyl (C=O) groups excluding carboxylic acids is 1. The van der Waals surface area contributed by atoms with Gasteiger partial charge in [-0.1, -0.05) is 6.07 Å². The van der Waals surface area contributed by atoms with Crippen LogP contribution in [0.25, 0.3) is 10.9 Å². The van der Waals surface area contributed by atoms with E-state index in [0.717, 1.165) is 29.9 Å². The van der Waals surface area contributed by atoms with Crippen molar-refractivity contribution in [3.8, 4) is 0 Å². The number of pyridine rings is 1. The van der Waals surface area contributed by atoms with Crippen molar-refractivity contribution >= 4 is 16.8 Å². The summed E-state index contributed by atoms with van der Waals surface area (Å²) in [6.45, 7) is 5.20. The molecule has 3 aromatic rings. The van der Waals surface area contributed by atoms with Gasteiger partial charge in [-0.2, -0.15) is 0 Å². The highest BCUT2D eigenvalue weighted by Crippen LogP contribution is 2.24. The SMILES string of the molecule is Cc1[nH]c2ccc(F)cc2c1C(=O)NCC(c1cccnc1)N1CCOCC1. The number of hydrogen-bond acceptors (Lipinski definition) is 4. The molecular weight excluding hydrogens is 359 g/mol. The van der Waals surface area contributed by atoms with Crippen molar-refractivity contribution in [1.82, 2.24) is 20.2 Å². The number of H-pyrrole nitrogens is 1. The van der Waals surface area contributed by atoms with Gasteiger partial charge in [-0.05, 0) is 36.8 Å². The number of fused-ring (bicyclic) bond motifs is 1. The van der Waals surface area contributed by atoms with Crippen LogP contribution >= 0.6 is 0 Å². The minimum Gasteiger partial charge on any atom is -0.379 e. The largest absolute Gasteiger partial charge is 0.379 e. The van der Waals surface area contributed by atoms with Crippen LogP contribution in [0.15, 0.2) is 42.7 Å². The second-order valence-corrected chi connectivity index (χ2v) is 6.98. The Morgan fingerprint density at radius 2 is 2.18 bits per heavy atom. The van der Waals surface area contributed by atoms with Crippen molar-refractivity contribution in [1.29, 1.82) is 0 Å². The number of aromatic nitrogens is 2. The van der Waals surface area contributed by atoms with Crippen LogP contribution in [-0.2, 0) is 4.74 Å². The third kappa shape index (κ3) is 3.76. The summed E-state index contributed by atoms with van der Waals surface area (Å²) in [6, 6.07) is 8.36. The van der Waals surface area contributed by atoms with Crippen LogP contribution in [0.2, 0.25) is 0 Å². The highest BCUT2D eigenvalue weighted by molar-refractivity contribution is 6.08. The van der Waals surface area contributed by atoms with E-state index in [4.69, 9.17) is 4.74 Å². The van der Waals surface area contributed by atoms with E-state index in [1.165, 1.54) is 12.1 Å². The zero-order valence-corrected chi connectivity index (χ0v) is 15.7. The lowest BCUT2D eigenvalue weighted by atomic mass is 10.1. The molecule has 1 amide bonds. The molecule has 0 radical (unpaired) electrons. The summed E-state index contributed by atoms with van der Waals surface area (Å²) in [6.07, 6.45) is 3.57. The number of benzene rings is 1. The van der Waals surface area contributed by atoms with E-state index in [0.29, 0.717) is 30.7 Å². The first-order valence-electron chi connectivity index (χ1n) is 9.41. The van der Waals surface area contributed by atoms with Crippen LogP contribution in [0, 0.1) is 12.7 Å². The molecule has 0 saturated carbocycles. The average molecular weight is 382 g/mol. The van der Waals surface area contributed by atoms with E-state index >= 15 is 0 Å². The van der Waals surface area contributed by atoms with E-state index in [1.807, 2.05) is 25.3 Å². The molecule has 1 aliphatic rings. The molecule has 0 aliphatic carbocycles. The molecular formula is C21H23FN4O2. The van der Waals surface area contributed by atoms with Gasteiger partial charge in [-0.15, -0.1) is 0 Å². The molecule has 1 aromatic carbocycles. The monoisotopic (exact) mass is 382 g/mol. The van der Waals surface area contributed by atoms with Crippen LogP contribution in [0.5, 0.6) is 0 Å². The molecule has 2 N–H and O–H groups in total.